The molecule has 0 aliphatic rings. The van der Waals surface area contributed by atoms with E-state index in [1.54, 1.807) is 0 Å². The summed E-state index contributed by atoms with van der Waals surface area (Å²) >= 11 is 7.40. The molecular formula is C24H20Br2. The van der Waals surface area contributed by atoms with Crippen LogP contribution in [0.3, 0.4) is 0 Å². The van der Waals surface area contributed by atoms with Crippen molar-refractivity contribution in [1.82, 2.24) is 0 Å². The maximum atomic E-state index is 3.70. The van der Waals surface area contributed by atoms with Crippen LogP contribution >= 0.6 is 31.9 Å². The van der Waals surface area contributed by atoms with Crippen LogP contribution in [-0.4, -0.2) is 0 Å². The third-order valence-electron chi connectivity index (χ3n) is 4.11. The first-order valence-corrected chi connectivity index (χ1v) is 10.1. The Morgan fingerprint density at radius 1 is 0.577 bits per heavy atom. The van der Waals surface area contributed by atoms with E-state index in [9.17, 15) is 0 Å². The number of benzene rings is 3. The van der Waals surface area contributed by atoms with Gasteiger partial charge in [-0.25, -0.2) is 0 Å². The molecule has 0 radical (unpaired) electrons. The molecule has 0 saturated carbocycles. The molecule has 0 heterocycles. The summed E-state index contributed by atoms with van der Waals surface area (Å²) in [5.74, 6) is 0. The smallest absolute Gasteiger partial charge is 0.0254 e. The average Bonchev–Trinajstić information content (AvgIpc) is 2.61. The molecule has 2 heteroatoms. The molecule has 0 atom stereocenters. The van der Waals surface area contributed by atoms with Gasteiger partial charge in [0.1, 0.15) is 0 Å². The highest BCUT2D eigenvalue weighted by Crippen LogP contribution is 2.29. The van der Waals surface area contributed by atoms with E-state index in [1.807, 2.05) is 0 Å². The second kappa shape index (κ2) is 8.66. The van der Waals surface area contributed by atoms with Crippen LogP contribution in [-0.2, 0) is 0 Å². The first-order chi connectivity index (χ1) is 12.5. The SMILES string of the molecule is Cc1cccc(/C=C/c2cc(Br)c(/C=C/c3cccc(C)c3)cc2Br)c1. The van der Waals surface area contributed by atoms with Gasteiger partial charge >= 0.3 is 0 Å². The molecule has 0 amide bonds. The minimum atomic E-state index is 1.08. The zero-order valence-corrected chi connectivity index (χ0v) is 18.0. The Labute approximate surface area is 172 Å². The summed E-state index contributed by atoms with van der Waals surface area (Å²) in [6, 6.07) is 21.3. The van der Waals surface area contributed by atoms with E-state index < -0.39 is 0 Å². The third kappa shape index (κ3) is 5.06. The lowest BCUT2D eigenvalue weighted by Crippen LogP contribution is -1.83. The van der Waals surface area contributed by atoms with Crippen molar-refractivity contribution >= 4 is 56.2 Å². The molecule has 130 valence electrons. The number of rotatable bonds is 4. The van der Waals surface area contributed by atoms with Crippen LogP contribution in [0.5, 0.6) is 0 Å². The van der Waals surface area contributed by atoms with Crippen LogP contribution in [0.25, 0.3) is 24.3 Å². The molecule has 0 bridgehead atoms. The second-order valence-electron chi connectivity index (χ2n) is 6.39. The molecule has 0 aliphatic heterocycles. The van der Waals surface area contributed by atoms with E-state index in [2.05, 4.69) is 131 Å². The Hall–Kier alpha value is -1.90. The zero-order chi connectivity index (χ0) is 18.5. The molecule has 0 nitrogen and oxygen atoms in total. The summed E-state index contributed by atoms with van der Waals surface area (Å²) < 4.78 is 2.15. The quantitative estimate of drug-likeness (QED) is 0.339. The van der Waals surface area contributed by atoms with Crippen LogP contribution < -0.4 is 0 Å². The largest absolute Gasteiger partial charge is 0.0614 e. The molecule has 0 fully saturated rings. The van der Waals surface area contributed by atoms with Gasteiger partial charge in [0.2, 0.25) is 0 Å². The number of aryl methyl sites for hydroxylation is 2. The van der Waals surface area contributed by atoms with Gasteiger partial charge in [-0.3, -0.25) is 0 Å². The minimum Gasteiger partial charge on any atom is -0.0614 e. The Balaban J connectivity index is 1.84. The van der Waals surface area contributed by atoms with Gasteiger partial charge < -0.3 is 0 Å². The maximum absolute atomic E-state index is 3.70. The van der Waals surface area contributed by atoms with Gasteiger partial charge in [0.25, 0.3) is 0 Å². The Kier molecular flexibility index (Phi) is 6.29. The fraction of sp³-hybridized carbons (Fsp3) is 0.0833. The summed E-state index contributed by atoms with van der Waals surface area (Å²) in [6.07, 6.45) is 8.55. The standard InChI is InChI=1S/C24H20Br2/c1-17-5-3-7-19(13-17)9-11-21-15-24(26)22(16-23(21)25)12-10-20-8-4-6-18(2)14-20/h3-16H,1-2H3/b11-9+,12-10+. The summed E-state index contributed by atoms with van der Waals surface area (Å²) in [6.45, 7) is 4.22. The van der Waals surface area contributed by atoms with Gasteiger partial charge in [-0.2, -0.15) is 0 Å². The topological polar surface area (TPSA) is 0 Å². The minimum absolute atomic E-state index is 1.08. The van der Waals surface area contributed by atoms with Crippen LogP contribution in [0.4, 0.5) is 0 Å². The second-order valence-corrected chi connectivity index (χ2v) is 8.10. The lowest BCUT2D eigenvalue weighted by Gasteiger charge is -2.05. The van der Waals surface area contributed by atoms with Gasteiger partial charge in [0.15, 0.2) is 0 Å². The van der Waals surface area contributed by atoms with E-state index in [4.69, 9.17) is 0 Å². The first-order valence-electron chi connectivity index (χ1n) is 8.50. The Morgan fingerprint density at radius 2 is 1.00 bits per heavy atom. The monoisotopic (exact) mass is 466 g/mol. The van der Waals surface area contributed by atoms with E-state index in [-0.39, 0.29) is 0 Å². The van der Waals surface area contributed by atoms with Crippen LogP contribution in [0.2, 0.25) is 0 Å². The van der Waals surface area contributed by atoms with E-state index in [1.165, 1.54) is 22.3 Å². The van der Waals surface area contributed by atoms with Crippen molar-refractivity contribution in [2.75, 3.05) is 0 Å². The highest BCUT2D eigenvalue weighted by Gasteiger charge is 2.03. The number of hydrogen-bond donors (Lipinski definition) is 0. The van der Waals surface area contributed by atoms with Crippen molar-refractivity contribution in [2.45, 2.75) is 13.8 Å². The molecule has 0 N–H and O–H groups in total. The lowest BCUT2D eigenvalue weighted by molar-refractivity contribution is 1.46. The van der Waals surface area contributed by atoms with Crippen molar-refractivity contribution in [1.29, 1.82) is 0 Å². The Bertz CT molecular complexity index is 900. The zero-order valence-electron chi connectivity index (χ0n) is 14.8. The molecule has 3 aromatic rings. The highest BCUT2D eigenvalue weighted by atomic mass is 79.9. The summed E-state index contributed by atoms with van der Waals surface area (Å²) in [7, 11) is 0. The van der Waals surface area contributed by atoms with Gasteiger partial charge in [-0.05, 0) is 48.2 Å². The normalized spacial score (nSPS) is 11.5. The maximum Gasteiger partial charge on any atom is 0.0254 e. The molecule has 0 unspecified atom stereocenters. The molecule has 3 aromatic carbocycles. The van der Waals surface area contributed by atoms with Crippen molar-refractivity contribution in [3.8, 4) is 0 Å². The molecular weight excluding hydrogens is 448 g/mol. The van der Waals surface area contributed by atoms with Crippen molar-refractivity contribution in [2.24, 2.45) is 0 Å². The van der Waals surface area contributed by atoms with E-state index in [0.29, 0.717) is 0 Å². The molecule has 3 rings (SSSR count). The van der Waals surface area contributed by atoms with Crippen LogP contribution in [0, 0.1) is 13.8 Å². The van der Waals surface area contributed by atoms with E-state index >= 15 is 0 Å². The predicted octanol–water partition coefficient (Wildman–Crippen LogP) is 8.17. The van der Waals surface area contributed by atoms with Crippen LogP contribution in [0.15, 0.2) is 69.6 Å². The fourth-order valence-electron chi connectivity index (χ4n) is 2.75. The Morgan fingerprint density at radius 3 is 1.38 bits per heavy atom. The van der Waals surface area contributed by atoms with Gasteiger partial charge in [-0.1, -0.05) is 116 Å². The first kappa shape index (κ1) is 18.9. The summed E-state index contributed by atoms with van der Waals surface area (Å²) in [4.78, 5) is 0. The van der Waals surface area contributed by atoms with Gasteiger partial charge in [0.05, 0.1) is 0 Å². The third-order valence-corrected chi connectivity index (χ3v) is 5.48. The van der Waals surface area contributed by atoms with Gasteiger partial charge in [0, 0.05) is 8.95 Å². The van der Waals surface area contributed by atoms with Crippen molar-refractivity contribution in [3.63, 3.8) is 0 Å². The van der Waals surface area contributed by atoms with E-state index in [0.717, 1.165) is 20.1 Å². The molecule has 0 saturated heterocycles. The molecule has 0 spiro atoms. The van der Waals surface area contributed by atoms with Crippen molar-refractivity contribution in [3.05, 3.63) is 103 Å². The van der Waals surface area contributed by atoms with Gasteiger partial charge in [-0.15, -0.1) is 0 Å². The number of hydrogen-bond acceptors (Lipinski definition) is 0. The average molecular weight is 468 g/mol. The highest BCUT2D eigenvalue weighted by molar-refractivity contribution is 9.11. The fourth-order valence-corrected chi connectivity index (χ4v) is 3.74. The molecule has 0 aromatic heterocycles. The lowest BCUT2D eigenvalue weighted by atomic mass is 10.1. The summed E-state index contributed by atoms with van der Waals surface area (Å²) in [5.41, 5.74) is 7.23. The summed E-state index contributed by atoms with van der Waals surface area (Å²) in [5, 5.41) is 0. The van der Waals surface area contributed by atoms with Crippen molar-refractivity contribution < 1.29 is 0 Å². The molecule has 26 heavy (non-hydrogen) atoms. The molecule has 0 aliphatic carbocycles. The predicted molar refractivity (Wildman–Crippen MR) is 122 cm³/mol. The number of halogens is 2. The van der Waals surface area contributed by atoms with Crippen LogP contribution in [0.1, 0.15) is 33.4 Å².